The third-order valence-electron chi connectivity index (χ3n) is 6.31. The van der Waals surface area contributed by atoms with Gasteiger partial charge in [0.25, 0.3) is 15.9 Å². The van der Waals surface area contributed by atoms with Crippen LogP contribution in [0.25, 0.3) is 0 Å². The summed E-state index contributed by atoms with van der Waals surface area (Å²) in [5.74, 6) is -2.17. The SMILES string of the molecule is CN(C)CC[C@H](CSc1ccc(F)cc1)Nc1c(F)cc(S(=O)(=O)NC(=O)C2(F)CCCCC2)cc1C#N. The molecular formula is C26H31F3N4O3S2. The first-order chi connectivity index (χ1) is 17.9. The van der Waals surface area contributed by atoms with Crippen LogP contribution in [0.2, 0.25) is 0 Å². The summed E-state index contributed by atoms with van der Waals surface area (Å²) in [6.45, 7) is 0.647. The molecular weight excluding hydrogens is 537 g/mol. The number of carbonyl (C=O) groups excluding carboxylic acids is 1. The van der Waals surface area contributed by atoms with Crippen LogP contribution >= 0.6 is 11.8 Å². The Balaban J connectivity index is 1.81. The van der Waals surface area contributed by atoms with Gasteiger partial charge < -0.3 is 10.2 Å². The highest BCUT2D eigenvalue weighted by Crippen LogP contribution is 2.33. The normalized spacial score (nSPS) is 16.0. The zero-order chi connectivity index (χ0) is 27.9. The summed E-state index contributed by atoms with van der Waals surface area (Å²) in [5.41, 5.74) is -2.74. The fourth-order valence-electron chi connectivity index (χ4n) is 4.13. The topological polar surface area (TPSA) is 102 Å². The van der Waals surface area contributed by atoms with E-state index in [0.29, 0.717) is 37.6 Å². The molecule has 0 saturated heterocycles. The maximum absolute atomic E-state index is 15.2. The zero-order valence-corrected chi connectivity index (χ0v) is 22.9. The molecule has 1 amide bonds. The smallest absolute Gasteiger partial charge is 0.271 e. The molecule has 0 aliphatic heterocycles. The number of carbonyl (C=O) groups is 1. The second-order valence-corrected chi connectivity index (χ2v) is 12.4. The molecule has 3 rings (SSSR count). The van der Waals surface area contributed by atoms with Crippen LogP contribution < -0.4 is 10.0 Å². The predicted octanol–water partition coefficient (Wildman–Crippen LogP) is 4.84. The fraction of sp³-hybridized carbons (Fsp3) is 0.462. The molecule has 1 fully saturated rings. The molecule has 2 aromatic carbocycles. The summed E-state index contributed by atoms with van der Waals surface area (Å²) in [4.78, 5) is 14.5. The van der Waals surface area contributed by atoms with Crippen molar-refractivity contribution in [2.45, 2.75) is 60.0 Å². The van der Waals surface area contributed by atoms with E-state index in [0.717, 1.165) is 17.4 Å². The lowest BCUT2D eigenvalue weighted by molar-refractivity contribution is -0.133. The second-order valence-electron chi connectivity index (χ2n) is 9.60. The predicted molar refractivity (Wildman–Crippen MR) is 141 cm³/mol. The van der Waals surface area contributed by atoms with Crippen molar-refractivity contribution in [1.29, 1.82) is 5.26 Å². The fourth-order valence-corrected chi connectivity index (χ4v) is 6.18. The molecule has 2 N–H and O–H groups in total. The maximum atomic E-state index is 15.2. The highest BCUT2D eigenvalue weighted by Gasteiger charge is 2.41. The number of halogens is 3. The van der Waals surface area contributed by atoms with Gasteiger partial charge in [-0.05, 0) is 89.1 Å². The number of hydrogen-bond donors (Lipinski definition) is 2. The first-order valence-corrected chi connectivity index (χ1v) is 14.7. The maximum Gasteiger partial charge on any atom is 0.271 e. The number of alkyl halides is 1. The Hall–Kier alpha value is -2.75. The van der Waals surface area contributed by atoms with Gasteiger partial charge in [-0.3, -0.25) is 4.79 Å². The molecule has 12 heteroatoms. The number of anilines is 1. The lowest BCUT2D eigenvalue weighted by atomic mass is 9.86. The van der Waals surface area contributed by atoms with Crippen molar-refractivity contribution in [1.82, 2.24) is 9.62 Å². The van der Waals surface area contributed by atoms with Gasteiger partial charge in [0.05, 0.1) is 16.1 Å². The average Bonchev–Trinajstić information content (AvgIpc) is 2.87. The molecule has 1 aliphatic carbocycles. The molecule has 0 heterocycles. The number of nitrogens with zero attached hydrogens (tertiary/aromatic N) is 2. The third kappa shape index (κ3) is 7.88. The number of nitriles is 1. The molecule has 0 spiro atoms. The molecule has 1 saturated carbocycles. The lowest BCUT2D eigenvalue weighted by Crippen LogP contribution is -2.46. The highest BCUT2D eigenvalue weighted by molar-refractivity contribution is 7.99. The van der Waals surface area contributed by atoms with Crippen LogP contribution in [-0.2, 0) is 14.8 Å². The molecule has 206 valence electrons. The minimum absolute atomic E-state index is 0.0840. The standard InChI is InChI=1S/C26H31F3N4O3S2/c1-33(2)13-10-20(17-37-21-8-6-19(27)7-9-21)31-24-18(16-30)14-22(15-23(24)28)38(35,36)32-25(34)26(29)11-4-3-5-12-26/h6-9,14-15,20,31H,3-5,10-13,17H2,1-2H3,(H,32,34)/t20-/m1/s1. The van der Waals surface area contributed by atoms with Gasteiger partial charge in [0, 0.05) is 16.7 Å². The zero-order valence-electron chi connectivity index (χ0n) is 21.3. The van der Waals surface area contributed by atoms with Crippen molar-refractivity contribution >= 4 is 33.4 Å². The third-order valence-corrected chi connectivity index (χ3v) is 8.80. The van der Waals surface area contributed by atoms with E-state index in [-0.39, 0.29) is 36.0 Å². The summed E-state index contributed by atoms with van der Waals surface area (Å²) in [6.07, 6.45) is 2.09. The van der Waals surface area contributed by atoms with Crippen molar-refractivity contribution in [2.75, 3.05) is 31.7 Å². The van der Waals surface area contributed by atoms with Crippen LogP contribution in [0.3, 0.4) is 0 Å². The average molecular weight is 569 g/mol. The largest absolute Gasteiger partial charge is 0.378 e. The summed E-state index contributed by atoms with van der Waals surface area (Å²) in [5, 5.41) is 12.7. The number of hydrogen-bond acceptors (Lipinski definition) is 7. The Labute approximate surface area is 225 Å². The Bertz CT molecular complexity index is 1280. The summed E-state index contributed by atoms with van der Waals surface area (Å²) < 4.78 is 70.8. The van der Waals surface area contributed by atoms with Crippen LogP contribution in [-0.4, -0.2) is 57.3 Å². The molecule has 1 aliphatic rings. The van der Waals surface area contributed by atoms with Crippen LogP contribution in [0.1, 0.15) is 44.1 Å². The van der Waals surface area contributed by atoms with E-state index < -0.39 is 32.3 Å². The van der Waals surface area contributed by atoms with E-state index >= 15 is 4.39 Å². The molecule has 38 heavy (non-hydrogen) atoms. The molecule has 0 bridgehead atoms. The monoisotopic (exact) mass is 568 g/mol. The molecule has 0 radical (unpaired) electrons. The van der Waals surface area contributed by atoms with E-state index in [1.165, 1.54) is 23.9 Å². The first kappa shape index (κ1) is 29.8. The Morgan fingerprint density at radius 3 is 2.42 bits per heavy atom. The Morgan fingerprint density at radius 2 is 1.82 bits per heavy atom. The van der Waals surface area contributed by atoms with Crippen LogP contribution in [0.5, 0.6) is 0 Å². The van der Waals surface area contributed by atoms with Crippen molar-refractivity contribution in [3.8, 4) is 6.07 Å². The van der Waals surface area contributed by atoms with E-state index in [1.807, 2.05) is 25.1 Å². The highest BCUT2D eigenvalue weighted by atomic mass is 32.2. The lowest BCUT2D eigenvalue weighted by Gasteiger charge is -2.27. The van der Waals surface area contributed by atoms with Crippen molar-refractivity contribution in [2.24, 2.45) is 0 Å². The first-order valence-electron chi connectivity index (χ1n) is 12.2. The van der Waals surface area contributed by atoms with Gasteiger partial charge in [-0.2, -0.15) is 5.26 Å². The van der Waals surface area contributed by atoms with Gasteiger partial charge in [0.15, 0.2) is 5.67 Å². The Morgan fingerprint density at radius 1 is 1.16 bits per heavy atom. The summed E-state index contributed by atoms with van der Waals surface area (Å²) >= 11 is 1.42. The molecule has 7 nitrogen and oxygen atoms in total. The van der Waals surface area contributed by atoms with Gasteiger partial charge in [0.1, 0.15) is 17.7 Å². The molecule has 0 aromatic heterocycles. The minimum Gasteiger partial charge on any atom is -0.378 e. The minimum atomic E-state index is -4.62. The number of amides is 1. The Kier molecular flexibility index (Phi) is 10.1. The number of rotatable bonds is 11. The van der Waals surface area contributed by atoms with E-state index in [9.17, 15) is 27.3 Å². The summed E-state index contributed by atoms with van der Waals surface area (Å²) in [7, 11) is -0.852. The van der Waals surface area contributed by atoms with Gasteiger partial charge >= 0.3 is 0 Å². The number of sulfonamides is 1. The number of nitrogens with one attached hydrogen (secondary N) is 2. The van der Waals surface area contributed by atoms with Crippen molar-refractivity contribution < 1.29 is 26.4 Å². The van der Waals surface area contributed by atoms with Crippen LogP contribution in [0, 0.1) is 23.0 Å². The van der Waals surface area contributed by atoms with Gasteiger partial charge in [-0.25, -0.2) is 26.3 Å². The molecule has 2 aromatic rings. The quantitative estimate of drug-likeness (QED) is 0.374. The van der Waals surface area contributed by atoms with E-state index in [2.05, 4.69) is 5.32 Å². The van der Waals surface area contributed by atoms with E-state index in [1.54, 1.807) is 16.9 Å². The molecule has 1 atom stereocenters. The van der Waals surface area contributed by atoms with Crippen molar-refractivity contribution in [3.63, 3.8) is 0 Å². The van der Waals surface area contributed by atoms with Crippen LogP contribution in [0.15, 0.2) is 46.2 Å². The van der Waals surface area contributed by atoms with Gasteiger partial charge in [0.2, 0.25) is 0 Å². The van der Waals surface area contributed by atoms with Gasteiger partial charge in [-0.1, -0.05) is 6.42 Å². The second kappa shape index (κ2) is 12.9. The molecule has 0 unspecified atom stereocenters. The van der Waals surface area contributed by atoms with Crippen molar-refractivity contribution in [3.05, 3.63) is 53.6 Å². The number of benzene rings is 2. The summed E-state index contributed by atoms with van der Waals surface area (Å²) in [6, 6.07) is 9.10. The van der Waals surface area contributed by atoms with E-state index in [4.69, 9.17) is 0 Å². The number of thioether (sulfide) groups is 1. The van der Waals surface area contributed by atoms with Crippen LogP contribution in [0.4, 0.5) is 18.9 Å². The van der Waals surface area contributed by atoms with Gasteiger partial charge in [-0.15, -0.1) is 11.8 Å².